The van der Waals surface area contributed by atoms with Crippen molar-refractivity contribution >= 4 is 23.1 Å². The average Bonchev–Trinajstić information content (AvgIpc) is 2.21. The minimum absolute atomic E-state index is 0.240. The summed E-state index contributed by atoms with van der Waals surface area (Å²) in [5.74, 6) is 1.22. The van der Waals surface area contributed by atoms with E-state index in [1.54, 1.807) is 0 Å². The molecule has 16 heavy (non-hydrogen) atoms. The Morgan fingerprint density at radius 2 is 1.81 bits per heavy atom. The van der Waals surface area contributed by atoms with Crippen LogP contribution in [-0.4, -0.2) is 23.1 Å². The predicted octanol–water partition coefficient (Wildman–Crippen LogP) is 2.50. The number of hydrogen-bond donors (Lipinski definition) is 1. The summed E-state index contributed by atoms with van der Waals surface area (Å²) >= 11 is 5.85. The molecule has 0 fully saturated rings. The van der Waals surface area contributed by atoms with Gasteiger partial charge in [0, 0.05) is 13.1 Å². The first-order chi connectivity index (χ1) is 7.34. The van der Waals surface area contributed by atoms with Crippen LogP contribution in [0.2, 0.25) is 5.28 Å². The Balaban J connectivity index is 3.13. The van der Waals surface area contributed by atoms with E-state index in [1.807, 2.05) is 18.9 Å². The molecule has 1 heterocycles. The summed E-state index contributed by atoms with van der Waals surface area (Å²) in [5, 5.41) is 0.240. The molecule has 1 aromatic heterocycles. The molecule has 0 bridgehead atoms. The van der Waals surface area contributed by atoms with E-state index < -0.39 is 0 Å². The van der Waals surface area contributed by atoms with Gasteiger partial charge in [-0.25, -0.2) is 4.98 Å². The Kier molecular flexibility index (Phi) is 3.97. The molecule has 0 aliphatic carbocycles. The largest absolute Gasteiger partial charge is 0.394 e. The molecule has 0 saturated carbocycles. The summed E-state index contributed by atoms with van der Waals surface area (Å²) in [4.78, 5) is 10.3. The van der Waals surface area contributed by atoms with Crippen LogP contribution >= 0.6 is 11.6 Å². The lowest BCUT2D eigenvalue weighted by Crippen LogP contribution is -2.34. The number of nitrogens with zero attached hydrogens (tertiary/aromatic N) is 3. The summed E-state index contributed by atoms with van der Waals surface area (Å²) in [6.07, 6.45) is 0. The zero-order chi connectivity index (χ0) is 12.5. The molecule has 0 amide bonds. The van der Waals surface area contributed by atoms with Gasteiger partial charge in [0.2, 0.25) is 5.28 Å². The van der Waals surface area contributed by atoms with Crippen LogP contribution in [-0.2, 0) is 0 Å². The SMILES string of the molecule is Cc1nc(Cl)nc(N(C)C(C)C(C)C)c1N. The minimum Gasteiger partial charge on any atom is -0.394 e. The molecule has 1 rings (SSSR count). The van der Waals surface area contributed by atoms with Crippen LogP contribution < -0.4 is 10.6 Å². The van der Waals surface area contributed by atoms with Crippen molar-refractivity contribution in [3.8, 4) is 0 Å². The molecule has 0 radical (unpaired) electrons. The third-order valence-electron chi connectivity index (χ3n) is 3.00. The van der Waals surface area contributed by atoms with Crippen molar-refractivity contribution in [3.05, 3.63) is 11.0 Å². The van der Waals surface area contributed by atoms with Gasteiger partial charge in [0.05, 0.1) is 11.4 Å². The summed E-state index contributed by atoms with van der Waals surface area (Å²) in [6.45, 7) is 8.29. The van der Waals surface area contributed by atoms with E-state index in [2.05, 4.69) is 30.7 Å². The number of aromatic nitrogens is 2. The standard InChI is InChI=1S/C11H19ClN4/c1-6(2)8(4)16(5)10-9(13)7(3)14-11(12)15-10/h6,8H,13H2,1-5H3. The summed E-state index contributed by atoms with van der Waals surface area (Å²) < 4.78 is 0. The van der Waals surface area contributed by atoms with Gasteiger partial charge in [-0.3, -0.25) is 0 Å². The topological polar surface area (TPSA) is 55.0 Å². The Morgan fingerprint density at radius 3 is 2.31 bits per heavy atom. The molecule has 2 N–H and O–H groups in total. The lowest BCUT2D eigenvalue weighted by Gasteiger charge is -2.30. The summed E-state index contributed by atoms with van der Waals surface area (Å²) in [6, 6.07) is 0.340. The van der Waals surface area contributed by atoms with Gasteiger partial charge in [-0.1, -0.05) is 13.8 Å². The highest BCUT2D eigenvalue weighted by atomic mass is 35.5. The number of nitrogens with two attached hydrogens (primary N) is 1. The summed E-state index contributed by atoms with van der Waals surface area (Å²) in [5.41, 5.74) is 7.28. The molecular formula is C11H19ClN4. The van der Waals surface area contributed by atoms with Crippen LogP contribution in [0.15, 0.2) is 0 Å². The van der Waals surface area contributed by atoms with Gasteiger partial charge in [-0.15, -0.1) is 0 Å². The van der Waals surface area contributed by atoms with E-state index >= 15 is 0 Å². The van der Waals surface area contributed by atoms with Gasteiger partial charge >= 0.3 is 0 Å². The second-order valence-electron chi connectivity index (χ2n) is 4.41. The molecule has 5 heteroatoms. The first-order valence-electron chi connectivity index (χ1n) is 5.37. The van der Waals surface area contributed by atoms with Crippen LogP contribution in [0.4, 0.5) is 11.5 Å². The fraction of sp³-hybridized carbons (Fsp3) is 0.636. The van der Waals surface area contributed by atoms with Crippen molar-refractivity contribution in [3.63, 3.8) is 0 Å². The average molecular weight is 243 g/mol. The maximum Gasteiger partial charge on any atom is 0.224 e. The van der Waals surface area contributed by atoms with E-state index in [1.165, 1.54) is 0 Å². The van der Waals surface area contributed by atoms with Crippen LogP contribution in [0.25, 0.3) is 0 Å². The fourth-order valence-electron chi connectivity index (χ4n) is 1.44. The Labute approximate surface area is 102 Å². The highest BCUT2D eigenvalue weighted by Crippen LogP contribution is 2.26. The van der Waals surface area contributed by atoms with Gasteiger partial charge in [0.1, 0.15) is 0 Å². The van der Waals surface area contributed by atoms with Crippen molar-refractivity contribution in [1.82, 2.24) is 9.97 Å². The first-order valence-corrected chi connectivity index (χ1v) is 5.74. The molecule has 0 aliphatic heterocycles. The second-order valence-corrected chi connectivity index (χ2v) is 4.75. The third kappa shape index (κ3) is 2.55. The fourth-order valence-corrected chi connectivity index (χ4v) is 1.65. The molecule has 90 valence electrons. The van der Waals surface area contributed by atoms with Crippen molar-refractivity contribution in [2.24, 2.45) is 5.92 Å². The lowest BCUT2D eigenvalue weighted by atomic mass is 10.1. The van der Waals surface area contributed by atoms with Gasteiger partial charge in [0.15, 0.2) is 5.82 Å². The maximum atomic E-state index is 5.97. The predicted molar refractivity (Wildman–Crippen MR) is 68.9 cm³/mol. The maximum absolute atomic E-state index is 5.97. The third-order valence-corrected chi connectivity index (χ3v) is 3.17. The van der Waals surface area contributed by atoms with Crippen LogP contribution in [0.3, 0.4) is 0 Å². The highest BCUT2D eigenvalue weighted by Gasteiger charge is 2.18. The van der Waals surface area contributed by atoms with Crippen LogP contribution in [0, 0.1) is 12.8 Å². The molecule has 0 aliphatic rings. The molecular weight excluding hydrogens is 224 g/mol. The van der Waals surface area contributed by atoms with Gasteiger partial charge < -0.3 is 10.6 Å². The first kappa shape index (κ1) is 13.0. The normalized spacial score (nSPS) is 12.9. The smallest absolute Gasteiger partial charge is 0.224 e. The number of nitrogen functional groups attached to an aromatic ring is 1. The Bertz CT molecular complexity index is 378. The highest BCUT2D eigenvalue weighted by molar-refractivity contribution is 6.28. The number of hydrogen-bond acceptors (Lipinski definition) is 4. The van der Waals surface area contributed by atoms with Gasteiger partial charge in [0.25, 0.3) is 0 Å². The van der Waals surface area contributed by atoms with E-state index in [0.717, 1.165) is 5.69 Å². The number of anilines is 2. The number of rotatable bonds is 3. The number of halogens is 1. The molecule has 1 atom stereocenters. The molecule has 0 spiro atoms. The van der Waals surface area contributed by atoms with Gasteiger partial charge in [-0.2, -0.15) is 4.98 Å². The number of aryl methyl sites for hydroxylation is 1. The zero-order valence-corrected chi connectivity index (χ0v) is 11.2. The quantitative estimate of drug-likeness (QED) is 0.828. The second kappa shape index (κ2) is 4.87. The van der Waals surface area contributed by atoms with Gasteiger partial charge in [-0.05, 0) is 31.4 Å². The van der Waals surface area contributed by atoms with Crippen LogP contribution in [0.1, 0.15) is 26.5 Å². The molecule has 0 saturated heterocycles. The van der Waals surface area contributed by atoms with E-state index in [-0.39, 0.29) is 5.28 Å². The van der Waals surface area contributed by atoms with Crippen molar-refractivity contribution in [2.75, 3.05) is 17.7 Å². The monoisotopic (exact) mass is 242 g/mol. The molecule has 4 nitrogen and oxygen atoms in total. The molecule has 1 unspecified atom stereocenters. The van der Waals surface area contributed by atoms with E-state index in [9.17, 15) is 0 Å². The van der Waals surface area contributed by atoms with Crippen molar-refractivity contribution in [2.45, 2.75) is 33.7 Å². The van der Waals surface area contributed by atoms with Crippen molar-refractivity contribution < 1.29 is 0 Å². The Morgan fingerprint density at radius 1 is 1.25 bits per heavy atom. The molecule has 1 aromatic rings. The van der Waals surface area contributed by atoms with E-state index in [4.69, 9.17) is 17.3 Å². The minimum atomic E-state index is 0.240. The zero-order valence-electron chi connectivity index (χ0n) is 10.5. The summed E-state index contributed by atoms with van der Waals surface area (Å²) in [7, 11) is 1.97. The lowest BCUT2D eigenvalue weighted by molar-refractivity contribution is 0.503. The van der Waals surface area contributed by atoms with Crippen LogP contribution in [0.5, 0.6) is 0 Å². The van der Waals surface area contributed by atoms with E-state index in [0.29, 0.717) is 23.5 Å². The van der Waals surface area contributed by atoms with Crippen molar-refractivity contribution in [1.29, 1.82) is 0 Å². The Hall–Kier alpha value is -1.03. The molecule has 0 aromatic carbocycles.